The van der Waals surface area contributed by atoms with Crippen molar-refractivity contribution >= 4 is 18.0 Å². The Morgan fingerprint density at radius 3 is 2.43 bits per heavy atom. The van der Waals surface area contributed by atoms with E-state index in [1.54, 1.807) is 42.5 Å². The number of nitrogens with zero attached hydrogens (tertiary/aromatic N) is 1. The molecule has 0 atom stereocenters. The molecule has 0 saturated heterocycles. The second-order valence-electron chi connectivity index (χ2n) is 5.75. The molecule has 0 aromatic heterocycles. The van der Waals surface area contributed by atoms with Crippen molar-refractivity contribution in [1.82, 2.24) is 5.32 Å². The summed E-state index contributed by atoms with van der Waals surface area (Å²) in [6.07, 6.45) is 1.88. The molecule has 0 aliphatic carbocycles. The molecule has 144 valence electrons. The highest BCUT2D eigenvalue weighted by molar-refractivity contribution is 5.98. The monoisotopic (exact) mass is 382 g/mol. The standard InChI is InChI=1S/C21H19FN2O4/c1-27-19-8-4-16(5-9-19)12-17(13-23)21(26)28-14-20(25)24-11-10-15-2-6-18(22)7-3-15/h2-9,12H,10-11,14H2,1H3,(H,24,25)/b17-12+. The number of ether oxygens (including phenoxy) is 2. The van der Waals surface area contributed by atoms with E-state index in [0.29, 0.717) is 24.3 Å². The van der Waals surface area contributed by atoms with Gasteiger partial charge < -0.3 is 14.8 Å². The Morgan fingerprint density at radius 2 is 1.82 bits per heavy atom. The third-order valence-corrected chi connectivity index (χ3v) is 3.75. The van der Waals surface area contributed by atoms with Gasteiger partial charge in [0, 0.05) is 6.54 Å². The molecule has 28 heavy (non-hydrogen) atoms. The van der Waals surface area contributed by atoms with Crippen molar-refractivity contribution in [2.75, 3.05) is 20.3 Å². The number of carbonyl (C=O) groups is 2. The third-order valence-electron chi connectivity index (χ3n) is 3.75. The molecule has 2 rings (SSSR count). The molecule has 6 nitrogen and oxygen atoms in total. The Bertz CT molecular complexity index is 884. The Hall–Kier alpha value is -3.66. The molecule has 0 saturated carbocycles. The molecule has 7 heteroatoms. The summed E-state index contributed by atoms with van der Waals surface area (Å²) in [5.41, 5.74) is 1.27. The Balaban J connectivity index is 1.80. The summed E-state index contributed by atoms with van der Waals surface area (Å²) in [4.78, 5) is 23.7. The fourth-order valence-electron chi connectivity index (χ4n) is 2.26. The van der Waals surface area contributed by atoms with E-state index in [1.807, 2.05) is 0 Å². The summed E-state index contributed by atoms with van der Waals surface area (Å²) in [7, 11) is 1.54. The van der Waals surface area contributed by atoms with Gasteiger partial charge in [0.1, 0.15) is 23.2 Å². The first-order valence-electron chi connectivity index (χ1n) is 8.46. The van der Waals surface area contributed by atoms with Crippen LogP contribution in [-0.4, -0.2) is 32.1 Å². The minimum Gasteiger partial charge on any atom is -0.497 e. The first-order chi connectivity index (χ1) is 13.5. The van der Waals surface area contributed by atoms with Crippen molar-refractivity contribution in [2.24, 2.45) is 0 Å². The quantitative estimate of drug-likeness (QED) is 0.431. The van der Waals surface area contributed by atoms with Gasteiger partial charge in [-0.1, -0.05) is 24.3 Å². The lowest BCUT2D eigenvalue weighted by atomic mass is 10.1. The van der Waals surface area contributed by atoms with Gasteiger partial charge in [-0.25, -0.2) is 9.18 Å². The maximum Gasteiger partial charge on any atom is 0.349 e. The largest absolute Gasteiger partial charge is 0.497 e. The van der Waals surface area contributed by atoms with Crippen LogP contribution in [0.25, 0.3) is 6.08 Å². The molecule has 0 radical (unpaired) electrons. The minimum absolute atomic E-state index is 0.218. The summed E-state index contributed by atoms with van der Waals surface area (Å²) < 4.78 is 22.7. The topological polar surface area (TPSA) is 88.4 Å². The van der Waals surface area contributed by atoms with Gasteiger partial charge in [-0.15, -0.1) is 0 Å². The highest BCUT2D eigenvalue weighted by Crippen LogP contribution is 2.14. The fraction of sp³-hybridized carbons (Fsp3) is 0.190. The molecule has 0 unspecified atom stereocenters. The number of benzene rings is 2. The van der Waals surface area contributed by atoms with E-state index >= 15 is 0 Å². The number of esters is 1. The zero-order valence-electron chi connectivity index (χ0n) is 15.3. The molecular formula is C21H19FN2O4. The predicted molar refractivity (Wildman–Crippen MR) is 101 cm³/mol. The molecule has 2 aromatic carbocycles. The van der Waals surface area contributed by atoms with E-state index in [9.17, 15) is 14.0 Å². The van der Waals surface area contributed by atoms with E-state index in [0.717, 1.165) is 5.56 Å². The number of rotatable bonds is 8. The van der Waals surface area contributed by atoms with Gasteiger partial charge in [0.15, 0.2) is 6.61 Å². The lowest BCUT2D eigenvalue weighted by molar-refractivity contribution is -0.144. The van der Waals surface area contributed by atoms with Gasteiger partial charge in [-0.3, -0.25) is 4.79 Å². The van der Waals surface area contributed by atoms with Gasteiger partial charge in [-0.2, -0.15) is 5.26 Å². The Labute approximate surface area is 162 Å². The molecule has 0 bridgehead atoms. The van der Waals surface area contributed by atoms with Crippen molar-refractivity contribution in [1.29, 1.82) is 5.26 Å². The summed E-state index contributed by atoms with van der Waals surface area (Å²) >= 11 is 0. The zero-order chi connectivity index (χ0) is 20.4. The van der Waals surface area contributed by atoms with Gasteiger partial charge >= 0.3 is 5.97 Å². The third kappa shape index (κ3) is 6.57. The van der Waals surface area contributed by atoms with Crippen molar-refractivity contribution in [3.05, 3.63) is 71.0 Å². The average molecular weight is 382 g/mol. The van der Waals surface area contributed by atoms with Crippen LogP contribution < -0.4 is 10.1 Å². The van der Waals surface area contributed by atoms with E-state index in [4.69, 9.17) is 14.7 Å². The molecular weight excluding hydrogens is 363 g/mol. The van der Waals surface area contributed by atoms with Crippen LogP contribution >= 0.6 is 0 Å². The van der Waals surface area contributed by atoms with Gasteiger partial charge in [0.2, 0.25) is 0 Å². The van der Waals surface area contributed by atoms with Crippen LogP contribution in [0, 0.1) is 17.1 Å². The van der Waals surface area contributed by atoms with Gasteiger partial charge in [-0.05, 0) is 47.9 Å². The van der Waals surface area contributed by atoms with Crippen molar-refractivity contribution < 1.29 is 23.5 Å². The van der Waals surface area contributed by atoms with E-state index in [1.165, 1.54) is 25.3 Å². The van der Waals surface area contributed by atoms with Crippen molar-refractivity contribution in [2.45, 2.75) is 6.42 Å². The molecule has 1 amide bonds. The predicted octanol–water partition coefficient (Wildman–Crippen LogP) is 2.64. The van der Waals surface area contributed by atoms with Crippen molar-refractivity contribution in [3.8, 4) is 11.8 Å². The average Bonchev–Trinajstić information content (AvgIpc) is 2.72. The summed E-state index contributed by atoms with van der Waals surface area (Å²) in [6, 6.07) is 14.5. The highest BCUT2D eigenvalue weighted by Gasteiger charge is 2.13. The lowest BCUT2D eigenvalue weighted by Gasteiger charge is -2.06. The molecule has 0 aliphatic rings. The summed E-state index contributed by atoms with van der Waals surface area (Å²) in [5.74, 6) is -1.05. The SMILES string of the molecule is COc1ccc(/C=C(\C#N)C(=O)OCC(=O)NCCc2ccc(F)cc2)cc1. The number of nitriles is 1. The van der Waals surface area contributed by atoms with Gasteiger partial charge in [0.05, 0.1) is 7.11 Å². The second kappa shape index (κ2) is 10.5. The number of hydrogen-bond donors (Lipinski definition) is 1. The lowest BCUT2D eigenvalue weighted by Crippen LogP contribution is -2.30. The van der Waals surface area contributed by atoms with Crippen LogP contribution in [0.2, 0.25) is 0 Å². The first kappa shape index (κ1) is 20.6. The molecule has 0 heterocycles. The van der Waals surface area contributed by atoms with Crippen LogP contribution in [0.3, 0.4) is 0 Å². The van der Waals surface area contributed by atoms with Gasteiger partial charge in [0.25, 0.3) is 5.91 Å². The van der Waals surface area contributed by atoms with Crippen LogP contribution in [0.5, 0.6) is 5.75 Å². The summed E-state index contributed by atoms with van der Waals surface area (Å²) in [5, 5.41) is 11.7. The molecule has 2 aromatic rings. The van der Waals surface area contributed by atoms with Crippen LogP contribution in [-0.2, 0) is 20.7 Å². The molecule has 0 spiro atoms. The number of halogens is 1. The van der Waals surface area contributed by atoms with Crippen LogP contribution in [0.1, 0.15) is 11.1 Å². The van der Waals surface area contributed by atoms with E-state index in [-0.39, 0.29) is 11.4 Å². The smallest absolute Gasteiger partial charge is 0.349 e. The van der Waals surface area contributed by atoms with E-state index < -0.39 is 18.5 Å². The minimum atomic E-state index is -0.882. The fourth-order valence-corrected chi connectivity index (χ4v) is 2.26. The first-order valence-corrected chi connectivity index (χ1v) is 8.46. The Morgan fingerprint density at radius 1 is 1.14 bits per heavy atom. The highest BCUT2D eigenvalue weighted by atomic mass is 19.1. The molecule has 0 aliphatic heterocycles. The zero-order valence-corrected chi connectivity index (χ0v) is 15.3. The number of nitrogens with one attached hydrogen (secondary N) is 1. The second-order valence-corrected chi connectivity index (χ2v) is 5.75. The number of carbonyl (C=O) groups excluding carboxylic acids is 2. The number of methoxy groups -OCH3 is 1. The Kier molecular flexibility index (Phi) is 7.73. The van der Waals surface area contributed by atoms with Crippen LogP contribution in [0.15, 0.2) is 54.1 Å². The number of hydrogen-bond acceptors (Lipinski definition) is 5. The number of amides is 1. The molecule has 1 N–H and O–H groups in total. The normalized spacial score (nSPS) is 10.7. The summed E-state index contributed by atoms with van der Waals surface area (Å²) in [6.45, 7) is -0.182. The molecule has 0 fully saturated rings. The van der Waals surface area contributed by atoms with Crippen LogP contribution in [0.4, 0.5) is 4.39 Å². The maximum atomic E-state index is 12.8. The van der Waals surface area contributed by atoms with E-state index in [2.05, 4.69) is 5.32 Å². The maximum absolute atomic E-state index is 12.8. The van der Waals surface area contributed by atoms with Crippen molar-refractivity contribution in [3.63, 3.8) is 0 Å².